The highest BCUT2D eigenvalue weighted by Crippen LogP contribution is 2.11. The average molecular weight is 313 g/mol. The van der Waals surface area contributed by atoms with Gasteiger partial charge in [-0.3, -0.25) is 9.78 Å². The molecule has 0 aliphatic rings. The fraction of sp³-hybridized carbons (Fsp3) is 0.333. The van der Waals surface area contributed by atoms with Crippen LogP contribution >= 0.6 is 0 Å². The SMILES string of the molecule is COc1ccc(CCNC(=O)CCNCc2cccnc2)cc1. The molecule has 2 aromatic rings. The molecule has 0 atom stereocenters. The normalized spacial score (nSPS) is 10.3. The van der Waals surface area contributed by atoms with Crippen molar-refractivity contribution in [3.05, 3.63) is 59.9 Å². The Morgan fingerprint density at radius 3 is 2.65 bits per heavy atom. The summed E-state index contributed by atoms with van der Waals surface area (Å²) < 4.78 is 5.12. The second-order valence-corrected chi connectivity index (χ2v) is 5.24. The zero-order valence-electron chi connectivity index (χ0n) is 13.4. The molecule has 0 radical (unpaired) electrons. The van der Waals surface area contributed by atoms with E-state index in [9.17, 15) is 4.79 Å². The second-order valence-electron chi connectivity index (χ2n) is 5.24. The third-order valence-electron chi connectivity index (χ3n) is 3.48. The third kappa shape index (κ3) is 6.48. The van der Waals surface area contributed by atoms with Crippen molar-refractivity contribution in [3.63, 3.8) is 0 Å². The lowest BCUT2D eigenvalue weighted by Gasteiger charge is -2.07. The molecule has 2 rings (SSSR count). The van der Waals surface area contributed by atoms with Gasteiger partial charge in [-0.1, -0.05) is 18.2 Å². The number of ether oxygens (including phenoxy) is 1. The second kappa shape index (κ2) is 9.58. The molecule has 23 heavy (non-hydrogen) atoms. The molecule has 0 bridgehead atoms. The van der Waals surface area contributed by atoms with E-state index >= 15 is 0 Å². The van der Waals surface area contributed by atoms with Crippen molar-refractivity contribution in [1.29, 1.82) is 0 Å². The summed E-state index contributed by atoms with van der Waals surface area (Å²) in [6, 6.07) is 11.8. The van der Waals surface area contributed by atoms with Gasteiger partial charge in [-0.25, -0.2) is 0 Å². The molecule has 1 aromatic carbocycles. The van der Waals surface area contributed by atoms with Gasteiger partial charge >= 0.3 is 0 Å². The minimum atomic E-state index is 0.0669. The number of methoxy groups -OCH3 is 1. The molecule has 5 heteroatoms. The largest absolute Gasteiger partial charge is 0.497 e. The van der Waals surface area contributed by atoms with Crippen molar-refractivity contribution < 1.29 is 9.53 Å². The monoisotopic (exact) mass is 313 g/mol. The van der Waals surface area contributed by atoms with Crippen molar-refractivity contribution in [3.8, 4) is 5.75 Å². The number of nitrogens with zero attached hydrogens (tertiary/aromatic N) is 1. The molecule has 0 fully saturated rings. The van der Waals surface area contributed by atoms with Gasteiger partial charge in [0.2, 0.25) is 5.91 Å². The summed E-state index contributed by atoms with van der Waals surface area (Å²) in [5.41, 5.74) is 2.30. The van der Waals surface area contributed by atoms with E-state index in [2.05, 4.69) is 15.6 Å². The van der Waals surface area contributed by atoms with E-state index in [1.807, 2.05) is 42.6 Å². The lowest BCUT2D eigenvalue weighted by molar-refractivity contribution is -0.120. The van der Waals surface area contributed by atoms with E-state index in [4.69, 9.17) is 4.74 Å². The van der Waals surface area contributed by atoms with Gasteiger partial charge in [0.05, 0.1) is 7.11 Å². The van der Waals surface area contributed by atoms with Crippen LogP contribution in [0.15, 0.2) is 48.8 Å². The van der Waals surface area contributed by atoms with Crippen LogP contribution in [0.5, 0.6) is 5.75 Å². The molecule has 5 nitrogen and oxygen atoms in total. The van der Waals surface area contributed by atoms with Crippen LogP contribution < -0.4 is 15.4 Å². The van der Waals surface area contributed by atoms with Crippen LogP contribution in [-0.4, -0.2) is 31.1 Å². The summed E-state index contributed by atoms with van der Waals surface area (Å²) in [4.78, 5) is 15.8. The number of aromatic nitrogens is 1. The van der Waals surface area contributed by atoms with Gasteiger partial charge < -0.3 is 15.4 Å². The molecule has 0 spiro atoms. The highest BCUT2D eigenvalue weighted by Gasteiger charge is 2.01. The molecule has 0 saturated carbocycles. The van der Waals surface area contributed by atoms with Crippen LogP contribution in [0.25, 0.3) is 0 Å². The quantitative estimate of drug-likeness (QED) is 0.694. The van der Waals surface area contributed by atoms with E-state index in [0.717, 1.165) is 24.3 Å². The fourth-order valence-electron chi connectivity index (χ4n) is 2.16. The van der Waals surface area contributed by atoms with Gasteiger partial charge in [-0.05, 0) is 35.7 Å². The summed E-state index contributed by atoms with van der Waals surface area (Å²) in [6.07, 6.45) is 4.86. The van der Waals surface area contributed by atoms with Crippen molar-refractivity contribution in [2.75, 3.05) is 20.2 Å². The highest BCUT2D eigenvalue weighted by atomic mass is 16.5. The Bertz CT molecular complexity index is 585. The summed E-state index contributed by atoms with van der Waals surface area (Å²) >= 11 is 0. The minimum absolute atomic E-state index is 0.0669. The molecule has 2 N–H and O–H groups in total. The summed E-state index contributed by atoms with van der Waals surface area (Å²) in [5.74, 6) is 0.912. The van der Waals surface area contributed by atoms with Crippen LogP contribution in [0, 0.1) is 0 Å². The number of hydrogen-bond acceptors (Lipinski definition) is 4. The van der Waals surface area contributed by atoms with E-state index in [1.165, 1.54) is 5.56 Å². The Morgan fingerprint density at radius 2 is 1.96 bits per heavy atom. The molecule has 1 heterocycles. The minimum Gasteiger partial charge on any atom is -0.497 e. The molecule has 122 valence electrons. The standard InChI is InChI=1S/C18H23N3O2/c1-23-17-6-4-15(5-7-17)8-12-21-18(22)9-11-20-14-16-3-2-10-19-13-16/h2-7,10,13,20H,8-9,11-12,14H2,1H3,(H,21,22). The maximum Gasteiger partial charge on any atom is 0.221 e. The van der Waals surface area contributed by atoms with Crippen LogP contribution in [0.4, 0.5) is 0 Å². The fourth-order valence-corrected chi connectivity index (χ4v) is 2.16. The van der Waals surface area contributed by atoms with Crippen LogP contribution in [0.3, 0.4) is 0 Å². The first kappa shape index (κ1) is 17.0. The van der Waals surface area contributed by atoms with Gasteiger partial charge in [0, 0.05) is 38.4 Å². The van der Waals surface area contributed by atoms with Gasteiger partial charge in [-0.15, -0.1) is 0 Å². The Kier molecular flexibility index (Phi) is 7.07. The van der Waals surface area contributed by atoms with Crippen molar-refractivity contribution in [2.24, 2.45) is 0 Å². The number of carbonyl (C=O) groups excluding carboxylic acids is 1. The molecular weight excluding hydrogens is 290 g/mol. The third-order valence-corrected chi connectivity index (χ3v) is 3.48. The Morgan fingerprint density at radius 1 is 1.13 bits per heavy atom. The van der Waals surface area contributed by atoms with Crippen LogP contribution in [0.2, 0.25) is 0 Å². The summed E-state index contributed by atoms with van der Waals surface area (Å²) in [5, 5.41) is 6.17. The van der Waals surface area contributed by atoms with Crippen molar-refractivity contribution >= 4 is 5.91 Å². The average Bonchev–Trinajstić information content (AvgIpc) is 2.60. The lowest BCUT2D eigenvalue weighted by atomic mass is 10.1. The first-order valence-electron chi connectivity index (χ1n) is 7.77. The number of pyridine rings is 1. The van der Waals surface area contributed by atoms with Gasteiger partial charge in [0.15, 0.2) is 0 Å². The molecule has 0 aliphatic carbocycles. The number of hydrogen-bond donors (Lipinski definition) is 2. The van der Waals surface area contributed by atoms with Crippen LogP contribution in [0.1, 0.15) is 17.5 Å². The number of benzene rings is 1. The smallest absolute Gasteiger partial charge is 0.221 e. The first-order chi connectivity index (χ1) is 11.3. The predicted molar refractivity (Wildman–Crippen MR) is 90.3 cm³/mol. The first-order valence-corrected chi connectivity index (χ1v) is 7.77. The molecule has 1 amide bonds. The Hall–Kier alpha value is -2.40. The van der Waals surface area contributed by atoms with Gasteiger partial charge in [-0.2, -0.15) is 0 Å². The van der Waals surface area contributed by atoms with E-state index < -0.39 is 0 Å². The van der Waals surface area contributed by atoms with Gasteiger partial charge in [0.1, 0.15) is 5.75 Å². The van der Waals surface area contributed by atoms with Crippen LogP contribution in [-0.2, 0) is 17.8 Å². The maximum atomic E-state index is 11.8. The lowest BCUT2D eigenvalue weighted by Crippen LogP contribution is -2.29. The van der Waals surface area contributed by atoms with Gasteiger partial charge in [0.25, 0.3) is 0 Å². The van der Waals surface area contributed by atoms with Crippen molar-refractivity contribution in [1.82, 2.24) is 15.6 Å². The zero-order valence-corrected chi connectivity index (χ0v) is 13.4. The number of rotatable bonds is 9. The molecular formula is C18H23N3O2. The zero-order chi connectivity index (χ0) is 16.3. The Balaban J connectivity index is 1.56. The number of nitrogens with one attached hydrogen (secondary N) is 2. The Labute approximate surface area is 137 Å². The molecule has 0 aliphatic heterocycles. The van der Waals surface area contributed by atoms with E-state index in [0.29, 0.717) is 19.5 Å². The number of carbonyl (C=O) groups is 1. The van der Waals surface area contributed by atoms with E-state index in [1.54, 1.807) is 13.3 Å². The molecule has 1 aromatic heterocycles. The topological polar surface area (TPSA) is 63.2 Å². The van der Waals surface area contributed by atoms with E-state index in [-0.39, 0.29) is 5.91 Å². The summed E-state index contributed by atoms with van der Waals surface area (Å²) in [7, 11) is 1.65. The predicted octanol–water partition coefficient (Wildman–Crippen LogP) is 1.93. The molecule has 0 unspecified atom stereocenters. The van der Waals surface area contributed by atoms with Crippen molar-refractivity contribution in [2.45, 2.75) is 19.4 Å². The maximum absolute atomic E-state index is 11.8. The summed E-state index contributed by atoms with van der Waals surface area (Å²) in [6.45, 7) is 2.03. The highest BCUT2D eigenvalue weighted by molar-refractivity contribution is 5.76. The molecule has 0 saturated heterocycles. The number of amides is 1.